The molecule has 1 amide bonds. The van der Waals surface area contributed by atoms with E-state index in [9.17, 15) is 9.90 Å². The average Bonchev–Trinajstić information content (AvgIpc) is 2.61. The Morgan fingerprint density at radius 2 is 2.50 bits per heavy atom. The van der Waals surface area contributed by atoms with Crippen LogP contribution in [0.2, 0.25) is 0 Å². The zero-order valence-electron chi connectivity index (χ0n) is 6.35. The molecular weight excluding hydrogens is 130 g/mol. The molecule has 58 valence electrons. The molecule has 0 heterocycles. The Morgan fingerprint density at radius 3 is 2.80 bits per heavy atom. The van der Waals surface area contributed by atoms with Crippen LogP contribution in [0.5, 0.6) is 0 Å². The van der Waals surface area contributed by atoms with Crippen LogP contribution in [0, 0.1) is 5.92 Å². The van der Waals surface area contributed by atoms with Crippen molar-refractivity contribution in [2.45, 2.75) is 25.4 Å². The molecule has 0 aromatic heterocycles. The standard InChI is InChI=1S/C7H13NO2/c1-3-5-4-7(5,10)6(9)8-2/h5,10H,3-4H2,1-2H3,(H,8,9). The lowest BCUT2D eigenvalue weighted by Crippen LogP contribution is -2.35. The molecule has 2 atom stereocenters. The van der Waals surface area contributed by atoms with Gasteiger partial charge in [-0.15, -0.1) is 0 Å². The second kappa shape index (κ2) is 2.23. The van der Waals surface area contributed by atoms with Crippen LogP contribution in [-0.4, -0.2) is 23.7 Å². The Morgan fingerprint density at radius 1 is 1.90 bits per heavy atom. The van der Waals surface area contributed by atoms with Gasteiger partial charge in [0.2, 0.25) is 0 Å². The second-order valence-electron chi connectivity index (χ2n) is 2.81. The number of aliphatic hydroxyl groups is 1. The number of carbonyl (C=O) groups excluding carboxylic acids is 1. The zero-order valence-corrected chi connectivity index (χ0v) is 6.35. The predicted octanol–water partition coefficient (Wildman–Crippen LogP) is -0.107. The maximum atomic E-state index is 10.9. The van der Waals surface area contributed by atoms with Crippen molar-refractivity contribution in [1.29, 1.82) is 0 Å². The summed E-state index contributed by atoms with van der Waals surface area (Å²) >= 11 is 0. The van der Waals surface area contributed by atoms with Gasteiger partial charge in [0.15, 0.2) is 0 Å². The first-order valence-electron chi connectivity index (χ1n) is 3.59. The monoisotopic (exact) mass is 143 g/mol. The van der Waals surface area contributed by atoms with Gasteiger partial charge in [0.05, 0.1) is 0 Å². The van der Waals surface area contributed by atoms with Crippen molar-refractivity contribution in [3.8, 4) is 0 Å². The quantitative estimate of drug-likeness (QED) is 0.566. The Bertz CT molecular complexity index is 158. The average molecular weight is 143 g/mol. The summed E-state index contributed by atoms with van der Waals surface area (Å²) in [6.45, 7) is 1.98. The fourth-order valence-corrected chi connectivity index (χ4v) is 1.29. The fraction of sp³-hybridized carbons (Fsp3) is 0.857. The minimum atomic E-state index is -1.02. The van der Waals surface area contributed by atoms with E-state index in [1.165, 1.54) is 0 Å². The molecule has 10 heavy (non-hydrogen) atoms. The Balaban J connectivity index is 2.50. The van der Waals surface area contributed by atoms with Gasteiger partial charge in [0.25, 0.3) is 5.91 Å². The number of hydrogen-bond acceptors (Lipinski definition) is 2. The van der Waals surface area contributed by atoms with E-state index >= 15 is 0 Å². The highest BCUT2D eigenvalue weighted by molar-refractivity contribution is 5.88. The van der Waals surface area contributed by atoms with Crippen LogP contribution in [0.1, 0.15) is 19.8 Å². The molecule has 1 rings (SSSR count). The van der Waals surface area contributed by atoms with Gasteiger partial charge in [0, 0.05) is 7.05 Å². The molecule has 1 aliphatic carbocycles. The van der Waals surface area contributed by atoms with Crippen molar-refractivity contribution in [2.24, 2.45) is 5.92 Å². The van der Waals surface area contributed by atoms with E-state index in [1.807, 2.05) is 6.92 Å². The van der Waals surface area contributed by atoms with E-state index in [4.69, 9.17) is 0 Å². The van der Waals surface area contributed by atoms with E-state index in [0.29, 0.717) is 6.42 Å². The molecule has 2 N–H and O–H groups in total. The van der Waals surface area contributed by atoms with Gasteiger partial charge in [-0.2, -0.15) is 0 Å². The van der Waals surface area contributed by atoms with Crippen LogP contribution in [-0.2, 0) is 4.79 Å². The van der Waals surface area contributed by atoms with Crippen molar-refractivity contribution in [2.75, 3.05) is 7.05 Å². The predicted molar refractivity (Wildman–Crippen MR) is 37.4 cm³/mol. The van der Waals surface area contributed by atoms with E-state index in [0.717, 1.165) is 6.42 Å². The van der Waals surface area contributed by atoms with Crippen molar-refractivity contribution >= 4 is 5.91 Å². The Labute approximate surface area is 60.4 Å². The summed E-state index contributed by atoms with van der Waals surface area (Å²) in [5.41, 5.74) is -1.02. The van der Waals surface area contributed by atoms with Crippen molar-refractivity contribution < 1.29 is 9.90 Å². The molecule has 0 radical (unpaired) electrons. The molecule has 0 saturated heterocycles. The fourth-order valence-electron chi connectivity index (χ4n) is 1.29. The molecule has 1 fully saturated rings. The maximum Gasteiger partial charge on any atom is 0.252 e. The topological polar surface area (TPSA) is 49.3 Å². The molecular formula is C7H13NO2. The van der Waals surface area contributed by atoms with E-state index in [-0.39, 0.29) is 11.8 Å². The van der Waals surface area contributed by atoms with Crippen LogP contribution in [0.4, 0.5) is 0 Å². The number of nitrogens with one attached hydrogen (secondary N) is 1. The van der Waals surface area contributed by atoms with E-state index < -0.39 is 5.60 Å². The third kappa shape index (κ3) is 0.904. The summed E-state index contributed by atoms with van der Waals surface area (Å²) < 4.78 is 0. The molecule has 1 aliphatic rings. The molecule has 0 aliphatic heterocycles. The molecule has 3 heteroatoms. The largest absolute Gasteiger partial charge is 0.380 e. The van der Waals surface area contributed by atoms with Gasteiger partial charge in [0.1, 0.15) is 5.60 Å². The van der Waals surface area contributed by atoms with Gasteiger partial charge >= 0.3 is 0 Å². The summed E-state index contributed by atoms with van der Waals surface area (Å²) in [7, 11) is 1.55. The summed E-state index contributed by atoms with van der Waals surface area (Å²) in [6.07, 6.45) is 1.51. The SMILES string of the molecule is CCC1CC1(O)C(=O)NC. The lowest BCUT2D eigenvalue weighted by atomic mass is 10.2. The summed E-state index contributed by atoms with van der Waals surface area (Å²) in [5, 5.41) is 11.9. The number of rotatable bonds is 2. The molecule has 0 aromatic carbocycles. The first kappa shape index (κ1) is 7.54. The lowest BCUT2D eigenvalue weighted by molar-refractivity contribution is -0.131. The van der Waals surface area contributed by atoms with Crippen LogP contribution < -0.4 is 5.32 Å². The van der Waals surface area contributed by atoms with Crippen LogP contribution in [0.25, 0.3) is 0 Å². The highest BCUT2D eigenvalue weighted by Crippen LogP contribution is 2.45. The van der Waals surface area contributed by atoms with Crippen LogP contribution >= 0.6 is 0 Å². The van der Waals surface area contributed by atoms with Crippen LogP contribution in [0.15, 0.2) is 0 Å². The second-order valence-corrected chi connectivity index (χ2v) is 2.81. The van der Waals surface area contributed by atoms with E-state index in [2.05, 4.69) is 5.32 Å². The number of hydrogen-bond donors (Lipinski definition) is 2. The summed E-state index contributed by atoms with van der Waals surface area (Å²) in [4.78, 5) is 10.9. The van der Waals surface area contributed by atoms with Gasteiger partial charge in [-0.3, -0.25) is 4.79 Å². The minimum Gasteiger partial charge on any atom is -0.380 e. The first-order chi connectivity index (χ1) is 4.65. The molecule has 3 nitrogen and oxygen atoms in total. The normalized spacial score (nSPS) is 37.3. The lowest BCUT2D eigenvalue weighted by Gasteiger charge is -2.06. The Hall–Kier alpha value is -0.570. The van der Waals surface area contributed by atoms with Gasteiger partial charge in [-0.05, 0) is 18.8 Å². The summed E-state index contributed by atoms with van der Waals surface area (Å²) in [5.74, 6) is -0.0493. The molecule has 0 bridgehead atoms. The zero-order chi connectivity index (χ0) is 7.78. The van der Waals surface area contributed by atoms with Crippen LogP contribution in [0.3, 0.4) is 0 Å². The Kier molecular flexibility index (Phi) is 1.68. The van der Waals surface area contributed by atoms with Crippen molar-refractivity contribution in [3.63, 3.8) is 0 Å². The smallest absolute Gasteiger partial charge is 0.252 e. The molecule has 1 saturated carbocycles. The highest BCUT2D eigenvalue weighted by Gasteiger charge is 2.57. The number of likely N-dealkylation sites (N-methyl/N-ethyl adjacent to an activating group) is 1. The highest BCUT2D eigenvalue weighted by atomic mass is 16.3. The number of carbonyl (C=O) groups is 1. The molecule has 0 spiro atoms. The van der Waals surface area contributed by atoms with Gasteiger partial charge in [-0.1, -0.05) is 6.92 Å². The van der Waals surface area contributed by atoms with Gasteiger partial charge < -0.3 is 10.4 Å². The van der Waals surface area contributed by atoms with Crippen molar-refractivity contribution in [3.05, 3.63) is 0 Å². The number of amides is 1. The summed E-state index contributed by atoms with van der Waals surface area (Å²) in [6, 6.07) is 0. The van der Waals surface area contributed by atoms with Gasteiger partial charge in [-0.25, -0.2) is 0 Å². The maximum absolute atomic E-state index is 10.9. The third-order valence-corrected chi connectivity index (χ3v) is 2.19. The van der Waals surface area contributed by atoms with Crippen molar-refractivity contribution in [1.82, 2.24) is 5.32 Å². The molecule has 0 aromatic rings. The third-order valence-electron chi connectivity index (χ3n) is 2.19. The first-order valence-corrected chi connectivity index (χ1v) is 3.59. The van der Waals surface area contributed by atoms with E-state index in [1.54, 1.807) is 7.05 Å². The minimum absolute atomic E-state index is 0.187. The molecule has 2 unspecified atom stereocenters.